The van der Waals surface area contributed by atoms with Gasteiger partial charge in [-0.3, -0.25) is 14.5 Å². The van der Waals surface area contributed by atoms with Crippen molar-refractivity contribution >= 4 is 18.0 Å². The number of alkyl carbamates (subject to hydrolysis) is 1. The molecular formula is C33H37N3O5. The Bertz CT molecular complexity index is 1330. The zero-order valence-electron chi connectivity index (χ0n) is 23.3. The first kappa shape index (κ1) is 28.4. The molecule has 8 nitrogen and oxygen atoms in total. The lowest BCUT2D eigenvalue weighted by Crippen LogP contribution is -2.56. The number of carbonyl (C=O) groups is 3. The number of nitrogens with one attached hydrogen (secondary N) is 2. The van der Waals surface area contributed by atoms with Gasteiger partial charge in [-0.05, 0) is 53.1 Å². The largest absolute Gasteiger partial charge is 0.481 e. The van der Waals surface area contributed by atoms with E-state index in [4.69, 9.17) is 4.74 Å². The van der Waals surface area contributed by atoms with E-state index in [1.165, 1.54) is 5.56 Å². The molecule has 3 N–H and O–H groups in total. The zero-order chi connectivity index (χ0) is 28.8. The van der Waals surface area contributed by atoms with E-state index in [1.54, 1.807) is 0 Å². The monoisotopic (exact) mass is 555 g/mol. The van der Waals surface area contributed by atoms with Crippen molar-refractivity contribution in [3.8, 4) is 11.1 Å². The summed E-state index contributed by atoms with van der Waals surface area (Å²) < 4.78 is 5.64. The fourth-order valence-corrected chi connectivity index (χ4v) is 5.91. The molecule has 0 saturated carbocycles. The van der Waals surface area contributed by atoms with Crippen LogP contribution in [-0.4, -0.2) is 59.8 Å². The molecule has 1 aliphatic carbocycles. The quantitative estimate of drug-likeness (QED) is 0.332. The number of fused-ring (bicyclic) bond motifs is 3. The lowest BCUT2D eigenvalue weighted by Gasteiger charge is -2.38. The number of likely N-dealkylation sites (tertiary alicyclic amines) is 1. The van der Waals surface area contributed by atoms with Crippen LogP contribution in [0.25, 0.3) is 11.1 Å². The Balaban J connectivity index is 1.20. The van der Waals surface area contributed by atoms with Gasteiger partial charge in [0.25, 0.3) is 0 Å². The number of amides is 2. The lowest BCUT2D eigenvalue weighted by atomic mass is 9.92. The van der Waals surface area contributed by atoms with E-state index in [-0.39, 0.29) is 37.3 Å². The summed E-state index contributed by atoms with van der Waals surface area (Å²) in [4.78, 5) is 39.9. The van der Waals surface area contributed by atoms with Crippen molar-refractivity contribution in [2.45, 2.75) is 50.7 Å². The summed E-state index contributed by atoms with van der Waals surface area (Å²) in [5, 5.41) is 15.0. The fourth-order valence-electron chi connectivity index (χ4n) is 5.91. The third-order valence-corrected chi connectivity index (χ3v) is 8.22. The topological polar surface area (TPSA) is 108 Å². The number of nitrogens with zero attached hydrogens (tertiary/aromatic N) is 1. The maximum absolute atomic E-state index is 13.4. The second-order valence-corrected chi connectivity index (χ2v) is 11.1. The summed E-state index contributed by atoms with van der Waals surface area (Å²) in [7, 11) is 0. The smallest absolute Gasteiger partial charge is 0.407 e. The van der Waals surface area contributed by atoms with Gasteiger partial charge < -0.3 is 20.5 Å². The number of carboxylic acids is 1. The molecule has 3 aromatic rings. The van der Waals surface area contributed by atoms with E-state index in [1.807, 2.05) is 54.6 Å². The van der Waals surface area contributed by atoms with Crippen molar-refractivity contribution in [3.05, 3.63) is 95.6 Å². The van der Waals surface area contributed by atoms with Gasteiger partial charge >= 0.3 is 12.1 Å². The summed E-state index contributed by atoms with van der Waals surface area (Å²) in [6.45, 7) is 4.62. The second-order valence-electron chi connectivity index (χ2n) is 11.1. The highest BCUT2D eigenvalue weighted by Crippen LogP contribution is 2.44. The Labute approximate surface area is 240 Å². The Kier molecular flexibility index (Phi) is 8.99. The van der Waals surface area contributed by atoms with Crippen molar-refractivity contribution in [1.29, 1.82) is 0 Å². The third kappa shape index (κ3) is 6.95. The van der Waals surface area contributed by atoms with Gasteiger partial charge in [-0.2, -0.15) is 0 Å². The molecule has 2 aliphatic rings. The van der Waals surface area contributed by atoms with E-state index in [9.17, 15) is 19.5 Å². The van der Waals surface area contributed by atoms with Crippen LogP contribution in [0, 0.1) is 5.92 Å². The van der Waals surface area contributed by atoms with Gasteiger partial charge in [0.1, 0.15) is 12.6 Å². The van der Waals surface area contributed by atoms with Crippen molar-refractivity contribution in [2.24, 2.45) is 5.92 Å². The van der Waals surface area contributed by atoms with Gasteiger partial charge in [0.15, 0.2) is 0 Å². The average molecular weight is 556 g/mol. The van der Waals surface area contributed by atoms with Crippen LogP contribution in [0.15, 0.2) is 78.9 Å². The number of hydrogen-bond acceptors (Lipinski definition) is 5. The van der Waals surface area contributed by atoms with Crippen molar-refractivity contribution in [1.82, 2.24) is 15.5 Å². The predicted octanol–water partition coefficient (Wildman–Crippen LogP) is 4.79. The predicted molar refractivity (Wildman–Crippen MR) is 156 cm³/mol. The molecule has 0 aromatic heterocycles. The first-order valence-corrected chi connectivity index (χ1v) is 14.3. The first-order chi connectivity index (χ1) is 19.9. The molecule has 0 bridgehead atoms. The van der Waals surface area contributed by atoms with Crippen LogP contribution in [0.2, 0.25) is 0 Å². The van der Waals surface area contributed by atoms with Crippen molar-refractivity contribution < 1.29 is 24.2 Å². The molecule has 2 amide bonds. The summed E-state index contributed by atoms with van der Waals surface area (Å²) in [6.07, 6.45) is -0.0839. The number of hydrogen-bond donors (Lipinski definition) is 3. The molecule has 1 saturated heterocycles. The molecule has 214 valence electrons. The summed E-state index contributed by atoms with van der Waals surface area (Å²) in [5.41, 5.74) is 5.64. The molecule has 3 unspecified atom stereocenters. The first-order valence-electron chi connectivity index (χ1n) is 14.3. The van der Waals surface area contributed by atoms with Crippen molar-refractivity contribution in [3.63, 3.8) is 0 Å². The van der Waals surface area contributed by atoms with Crippen LogP contribution in [0.1, 0.15) is 48.8 Å². The van der Waals surface area contributed by atoms with Crippen LogP contribution in [0.4, 0.5) is 4.79 Å². The van der Waals surface area contributed by atoms with Crippen LogP contribution in [0.5, 0.6) is 0 Å². The molecule has 5 rings (SSSR count). The highest BCUT2D eigenvalue weighted by molar-refractivity contribution is 5.86. The number of aliphatic carboxylic acids is 1. The third-order valence-electron chi connectivity index (χ3n) is 8.22. The van der Waals surface area contributed by atoms with Gasteiger partial charge in [0, 0.05) is 31.5 Å². The van der Waals surface area contributed by atoms with Crippen LogP contribution >= 0.6 is 0 Å². The van der Waals surface area contributed by atoms with Gasteiger partial charge in [-0.25, -0.2) is 4.79 Å². The Morgan fingerprint density at radius 2 is 1.59 bits per heavy atom. The lowest BCUT2D eigenvalue weighted by molar-refractivity contribution is -0.137. The molecule has 0 radical (unpaired) electrons. The number of carboxylic acid groups (broad SMARTS) is 1. The Hall–Kier alpha value is -4.17. The molecule has 1 fully saturated rings. The summed E-state index contributed by atoms with van der Waals surface area (Å²) >= 11 is 0. The van der Waals surface area contributed by atoms with E-state index in [2.05, 4.69) is 46.7 Å². The maximum atomic E-state index is 13.4. The molecule has 41 heavy (non-hydrogen) atoms. The van der Waals surface area contributed by atoms with Crippen LogP contribution in [0.3, 0.4) is 0 Å². The SMILES string of the molecule is CC1CCN(Cc2ccccc2)CC1NC(=O)C(CCC(=O)O)NC(=O)OCC1c2ccccc2-c2ccccc21. The van der Waals surface area contributed by atoms with Crippen LogP contribution in [-0.2, 0) is 20.9 Å². The maximum Gasteiger partial charge on any atom is 0.407 e. The van der Waals surface area contributed by atoms with Gasteiger partial charge in [-0.1, -0.05) is 85.8 Å². The minimum atomic E-state index is -1.03. The van der Waals surface area contributed by atoms with Gasteiger partial charge in [0.05, 0.1) is 0 Å². The minimum absolute atomic E-state index is 0.0276. The molecule has 3 atom stereocenters. The van der Waals surface area contributed by atoms with E-state index < -0.39 is 24.0 Å². The highest BCUT2D eigenvalue weighted by Gasteiger charge is 2.32. The molecular weight excluding hydrogens is 518 g/mol. The standard InChI is InChI=1S/C33H37N3O5/c1-22-17-18-36(19-23-9-3-2-4-10-23)20-30(22)34-32(39)29(15-16-31(37)38)35-33(40)41-21-28-26-13-7-5-11-24(26)25-12-6-8-14-27(25)28/h2-14,22,28-30H,15-21H2,1H3,(H,34,39)(H,35,40)(H,37,38). The zero-order valence-corrected chi connectivity index (χ0v) is 23.3. The van der Waals surface area contributed by atoms with E-state index in [0.29, 0.717) is 6.54 Å². The average Bonchev–Trinajstić information content (AvgIpc) is 3.30. The molecule has 8 heteroatoms. The number of ether oxygens (including phenoxy) is 1. The Morgan fingerprint density at radius 1 is 0.951 bits per heavy atom. The van der Waals surface area contributed by atoms with E-state index in [0.717, 1.165) is 41.8 Å². The second kappa shape index (κ2) is 13.0. The summed E-state index contributed by atoms with van der Waals surface area (Å²) in [5.74, 6) is -1.28. The molecule has 1 heterocycles. The highest BCUT2D eigenvalue weighted by atomic mass is 16.5. The minimum Gasteiger partial charge on any atom is -0.481 e. The number of carbonyl (C=O) groups excluding carboxylic acids is 2. The van der Waals surface area contributed by atoms with Gasteiger partial charge in [0.2, 0.25) is 5.91 Å². The fraction of sp³-hybridized carbons (Fsp3) is 0.364. The normalized spacial score (nSPS) is 19.0. The van der Waals surface area contributed by atoms with Crippen molar-refractivity contribution in [2.75, 3.05) is 19.7 Å². The Morgan fingerprint density at radius 3 is 2.24 bits per heavy atom. The van der Waals surface area contributed by atoms with Gasteiger partial charge in [-0.15, -0.1) is 0 Å². The number of rotatable bonds is 10. The van der Waals surface area contributed by atoms with Crippen LogP contribution < -0.4 is 10.6 Å². The number of piperidine rings is 1. The van der Waals surface area contributed by atoms with E-state index >= 15 is 0 Å². The summed E-state index contributed by atoms with van der Waals surface area (Å²) in [6, 6.07) is 25.2. The molecule has 0 spiro atoms. The molecule has 1 aliphatic heterocycles. The number of benzene rings is 3. The molecule has 3 aromatic carbocycles.